The average Bonchev–Trinajstić information content (AvgIpc) is 3.34. The molecule has 0 spiro atoms. The van der Waals surface area contributed by atoms with Gasteiger partial charge in [-0.05, 0) is 37.8 Å². The molecule has 4 rings (SSSR count). The first-order valence-corrected chi connectivity index (χ1v) is 9.26. The Morgan fingerprint density at radius 1 is 1.15 bits per heavy atom. The van der Waals surface area contributed by atoms with Crippen LogP contribution < -0.4 is 5.73 Å². The van der Waals surface area contributed by atoms with Crippen LogP contribution in [0, 0.1) is 6.92 Å². The van der Waals surface area contributed by atoms with Gasteiger partial charge in [-0.25, -0.2) is 4.68 Å². The third kappa shape index (κ3) is 2.84. The lowest BCUT2D eigenvalue weighted by atomic mass is 9.98. The largest absolute Gasteiger partial charge is 0.334 e. The Morgan fingerprint density at radius 2 is 1.85 bits per heavy atom. The van der Waals surface area contributed by atoms with Crippen LogP contribution in [-0.2, 0) is 5.54 Å². The standard InChI is InChI=1S/C20H25N5O/c1-13(2)17-16(12-22-25(17)15-8-6-14(3)7-9-15)18-23-19(24-26-18)20(21)10-4-5-11-20/h6-9,12-13H,4-5,10-11,21H2,1-3H3. The maximum Gasteiger partial charge on any atom is 0.261 e. The van der Waals surface area contributed by atoms with Gasteiger partial charge in [0.25, 0.3) is 5.89 Å². The van der Waals surface area contributed by atoms with Crippen molar-refractivity contribution in [1.29, 1.82) is 0 Å². The van der Waals surface area contributed by atoms with Crippen LogP contribution in [0.3, 0.4) is 0 Å². The molecule has 1 saturated carbocycles. The number of hydrogen-bond donors (Lipinski definition) is 1. The molecule has 0 aliphatic heterocycles. The molecule has 1 fully saturated rings. The molecule has 3 aromatic rings. The molecule has 1 aliphatic carbocycles. The van der Waals surface area contributed by atoms with Gasteiger partial charge in [-0.3, -0.25) is 0 Å². The van der Waals surface area contributed by atoms with Crippen LogP contribution in [0.15, 0.2) is 35.0 Å². The topological polar surface area (TPSA) is 82.8 Å². The molecule has 26 heavy (non-hydrogen) atoms. The first kappa shape index (κ1) is 17.0. The van der Waals surface area contributed by atoms with Crippen molar-refractivity contribution in [3.8, 4) is 17.1 Å². The second-order valence-corrected chi connectivity index (χ2v) is 7.63. The molecule has 2 aromatic heterocycles. The van der Waals surface area contributed by atoms with Crippen molar-refractivity contribution in [2.24, 2.45) is 5.73 Å². The highest BCUT2D eigenvalue weighted by Crippen LogP contribution is 2.36. The Hall–Kier alpha value is -2.47. The van der Waals surface area contributed by atoms with Crippen LogP contribution >= 0.6 is 0 Å². The molecule has 136 valence electrons. The molecular weight excluding hydrogens is 326 g/mol. The van der Waals surface area contributed by atoms with E-state index in [1.54, 1.807) is 0 Å². The van der Waals surface area contributed by atoms with E-state index in [0.29, 0.717) is 11.7 Å². The molecule has 0 radical (unpaired) electrons. The van der Waals surface area contributed by atoms with Crippen LogP contribution in [0.25, 0.3) is 17.1 Å². The number of hydrogen-bond acceptors (Lipinski definition) is 5. The van der Waals surface area contributed by atoms with Crippen molar-refractivity contribution in [3.05, 3.63) is 47.5 Å². The summed E-state index contributed by atoms with van der Waals surface area (Å²) in [5, 5.41) is 8.79. The minimum atomic E-state index is -0.452. The van der Waals surface area contributed by atoms with Gasteiger partial charge in [0, 0.05) is 0 Å². The Bertz CT molecular complexity index is 901. The number of nitrogens with zero attached hydrogens (tertiary/aromatic N) is 4. The lowest BCUT2D eigenvalue weighted by Crippen LogP contribution is -2.34. The molecule has 6 heteroatoms. The summed E-state index contributed by atoms with van der Waals surface area (Å²) in [6.07, 6.45) is 5.85. The summed E-state index contributed by atoms with van der Waals surface area (Å²) in [7, 11) is 0. The van der Waals surface area contributed by atoms with Crippen LogP contribution in [0.2, 0.25) is 0 Å². The van der Waals surface area contributed by atoms with E-state index in [9.17, 15) is 0 Å². The number of aromatic nitrogens is 4. The van der Waals surface area contributed by atoms with Crippen LogP contribution in [-0.4, -0.2) is 19.9 Å². The molecule has 0 atom stereocenters. The lowest BCUT2D eigenvalue weighted by Gasteiger charge is -2.17. The highest BCUT2D eigenvalue weighted by Gasteiger charge is 2.36. The van der Waals surface area contributed by atoms with E-state index in [1.165, 1.54) is 5.56 Å². The molecule has 0 amide bonds. The molecule has 6 nitrogen and oxygen atoms in total. The quantitative estimate of drug-likeness (QED) is 0.766. The summed E-state index contributed by atoms with van der Waals surface area (Å²) in [5.41, 5.74) is 10.2. The maximum atomic E-state index is 6.47. The number of benzene rings is 1. The summed E-state index contributed by atoms with van der Waals surface area (Å²) < 4.78 is 7.55. The summed E-state index contributed by atoms with van der Waals surface area (Å²) in [4.78, 5) is 4.64. The summed E-state index contributed by atoms with van der Waals surface area (Å²) >= 11 is 0. The normalized spacial score (nSPS) is 16.5. The van der Waals surface area contributed by atoms with Crippen molar-refractivity contribution < 1.29 is 4.52 Å². The average molecular weight is 351 g/mol. The van der Waals surface area contributed by atoms with Gasteiger partial charge in [-0.2, -0.15) is 10.1 Å². The fourth-order valence-electron chi connectivity index (χ4n) is 3.73. The van der Waals surface area contributed by atoms with Crippen LogP contribution in [0.1, 0.15) is 62.5 Å². The molecule has 1 aromatic carbocycles. The van der Waals surface area contributed by atoms with Gasteiger partial charge in [0.05, 0.1) is 28.7 Å². The molecule has 0 bridgehead atoms. The summed E-state index contributed by atoms with van der Waals surface area (Å²) in [6, 6.07) is 8.32. The van der Waals surface area contributed by atoms with Crippen molar-refractivity contribution in [1.82, 2.24) is 19.9 Å². The predicted octanol–water partition coefficient (Wildman–Crippen LogP) is 4.08. The minimum Gasteiger partial charge on any atom is -0.334 e. The van der Waals surface area contributed by atoms with E-state index in [-0.39, 0.29) is 5.92 Å². The number of aryl methyl sites for hydroxylation is 1. The third-order valence-electron chi connectivity index (χ3n) is 5.23. The van der Waals surface area contributed by atoms with Gasteiger partial charge in [0.15, 0.2) is 5.82 Å². The van der Waals surface area contributed by atoms with E-state index in [2.05, 4.69) is 60.3 Å². The molecule has 0 unspecified atom stereocenters. The summed E-state index contributed by atoms with van der Waals surface area (Å²) in [6.45, 7) is 6.36. The second-order valence-electron chi connectivity index (χ2n) is 7.63. The maximum absolute atomic E-state index is 6.47. The second kappa shape index (κ2) is 6.36. The van der Waals surface area contributed by atoms with Crippen LogP contribution in [0.4, 0.5) is 0 Å². The molecular formula is C20H25N5O. The van der Waals surface area contributed by atoms with Crippen molar-refractivity contribution in [2.75, 3.05) is 0 Å². The van der Waals surface area contributed by atoms with E-state index in [1.807, 2.05) is 10.9 Å². The zero-order valence-electron chi connectivity index (χ0n) is 15.6. The van der Waals surface area contributed by atoms with Crippen LogP contribution in [0.5, 0.6) is 0 Å². The zero-order chi connectivity index (χ0) is 18.3. The van der Waals surface area contributed by atoms with Gasteiger partial charge in [-0.1, -0.05) is 49.5 Å². The van der Waals surface area contributed by atoms with Crippen molar-refractivity contribution in [2.45, 2.75) is 57.9 Å². The van der Waals surface area contributed by atoms with Gasteiger partial charge >= 0.3 is 0 Å². The zero-order valence-corrected chi connectivity index (χ0v) is 15.6. The molecule has 1 aliphatic rings. The van der Waals surface area contributed by atoms with Gasteiger partial charge in [0.2, 0.25) is 0 Å². The highest BCUT2D eigenvalue weighted by atomic mass is 16.5. The highest BCUT2D eigenvalue weighted by molar-refractivity contribution is 5.58. The predicted molar refractivity (Wildman–Crippen MR) is 100 cm³/mol. The Kier molecular flexibility index (Phi) is 4.15. The molecule has 2 heterocycles. The minimum absolute atomic E-state index is 0.252. The monoisotopic (exact) mass is 351 g/mol. The Balaban J connectivity index is 1.76. The Morgan fingerprint density at radius 3 is 2.50 bits per heavy atom. The number of nitrogens with two attached hydrogens (primary N) is 1. The molecule has 0 saturated heterocycles. The number of rotatable bonds is 4. The van der Waals surface area contributed by atoms with Gasteiger partial charge in [-0.15, -0.1) is 0 Å². The van der Waals surface area contributed by atoms with E-state index < -0.39 is 5.54 Å². The first-order valence-electron chi connectivity index (χ1n) is 9.26. The van der Waals surface area contributed by atoms with E-state index in [4.69, 9.17) is 10.3 Å². The van der Waals surface area contributed by atoms with Gasteiger partial charge in [0.1, 0.15) is 0 Å². The lowest BCUT2D eigenvalue weighted by molar-refractivity contribution is 0.372. The third-order valence-corrected chi connectivity index (χ3v) is 5.23. The SMILES string of the molecule is Cc1ccc(-n2ncc(-c3nc(C4(N)CCCC4)no3)c2C(C)C)cc1. The van der Waals surface area contributed by atoms with Crippen molar-refractivity contribution >= 4 is 0 Å². The fraction of sp³-hybridized carbons (Fsp3) is 0.450. The van der Waals surface area contributed by atoms with Crippen molar-refractivity contribution in [3.63, 3.8) is 0 Å². The fourth-order valence-corrected chi connectivity index (χ4v) is 3.73. The molecule has 2 N–H and O–H groups in total. The van der Waals surface area contributed by atoms with E-state index >= 15 is 0 Å². The smallest absolute Gasteiger partial charge is 0.261 e. The van der Waals surface area contributed by atoms with Gasteiger partial charge < -0.3 is 10.3 Å². The summed E-state index contributed by atoms with van der Waals surface area (Å²) in [5.74, 6) is 1.36. The first-order chi connectivity index (χ1) is 12.5. The van der Waals surface area contributed by atoms with E-state index in [0.717, 1.165) is 42.6 Å². The Labute approximate surface area is 153 Å².